The normalized spacial score (nSPS) is 17.9. The SMILES string of the molecule is Cc1ccc(Oc2ccc(NC(=O)CN3C(=O)NC4(CCCCCC4)C3=O)cc2)cc1. The summed E-state index contributed by atoms with van der Waals surface area (Å²) in [6.07, 6.45) is 5.21. The van der Waals surface area contributed by atoms with E-state index in [1.807, 2.05) is 31.2 Å². The van der Waals surface area contributed by atoms with Gasteiger partial charge in [0.05, 0.1) is 0 Å². The van der Waals surface area contributed by atoms with E-state index in [9.17, 15) is 14.4 Å². The molecule has 2 N–H and O–H groups in total. The number of anilines is 1. The molecule has 2 aromatic carbocycles. The van der Waals surface area contributed by atoms with Gasteiger partial charge in [0.2, 0.25) is 5.91 Å². The lowest BCUT2D eigenvalue weighted by Gasteiger charge is -2.24. The summed E-state index contributed by atoms with van der Waals surface area (Å²) in [6.45, 7) is 1.71. The molecule has 0 unspecified atom stereocenters. The van der Waals surface area contributed by atoms with E-state index < -0.39 is 17.5 Å². The molecule has 4 amide bonds. The molecule has 2 fully saturated rings. The molecule has 162 valence electrons. The van der Waals surface area contributed by atoms with Crippen LogP contribution in [0.1, 0.15) is 44.1 Å². The van der Waals surface area contributed by atoms with E-state index in [2.05, 4.69) is 10.6 Å². The summed E-state index contributed by atoms with van der Waals surface area (Å²) in [5.74, 6) is 0.678. The van der Waals surface area contributed by atoms with Crippen LogP contribution in [0.4, 0.5) is 10.5 Å². The van der Waals surface area contributed by atoms with Gasteiger partial charge in [0.1, 0.15) is 23.6 Å². The van der Waals surface area contributed by atoms with Crippen molar-refractivity contribution in [1.29, 1.82) is 0 Å². The molecule has 0 aromatic heterocycles. The molecule has 1 heterocycles. The van der Waals surface area contributed by atoms with E-state index in [4.69, 9.17) is 4.74 Å². The van der Waals surface area contributed by atoms with Gasteiger partial charge in [0.15, 0.2) is 0 Å². The van der Waals surface area contributed by atoms with E-state index in [0.29, 0.717) is 24.3 Å². The summed E-state index contributed by atoms with van der Waals surface area (Å²) in [5.41, 5.74) is 0.890. The van der Waals surface area contributed by atoms with Gasteiger partial charge >= 0.3 is 6.03 Å². The number of nitrogens with zero attached hydrogens (tertiary/aromatic N) is 1. The Morgan fingerprint density at radius 2 is 1.55 bits per heavy atom. The first-order valence-corrected chi connectivity index (χ1v) is 10.7. The van der Waals surface area contributed by atoms with E-state index in [0.717, 1.165) is 41.9 Å². The highest BCUT2D eigenvalue weighted by atomic mass is 16.5. The van der Waals surface area contributed by atoms with Crippen LogP contribution in [0, 0.1) is 6.92 Å². The number of aryl methyl sites for hydroxylation is 1. The minimum Gasteiger partial charge on any atom is -0.457 e. The zero-order chi connectivity index (χ0) is 21.8. The number of imide groups is 1. The number of rotatable bonds is 5. The van der Waals surface area contributed by atoms with Gasteiger partial charge in [-0.05, 0) is 56.2 Å². The summed E-state index contributed by atoms with van der Waals surface area (Å²) >= 11 is 0. The Hall–Kier alpha value is -3.35. The van der Waals surface area contributed by atoms with E-state index in [1.54, 1.807) is 24.3 Å². The van der Waals surface area contributed by atoms with E-state index in [1.165, 1.54) is 0 Å². The molecule has 0 atom stereocenters. The van der Waals surface area contributed by atoms with Gasteiger partial charge in [-0.1, -0.05) is 43.4 Å². The zero-order valence-electron chi connectivity index (χ0n) is 17.6. The first kappa shape index (κ1) is 20.9. The fraction of sp³-hybridized carbons (Fsp3) is 0.375. The van der Waals surface area contributed by atoms with Crippen molar-refractivity contribution in [1.82, 2.24) is 10.2 Å². The maximum absolute atomic E-state index is 12.9. The summed E-state index contributed by atoms with van der Waals surface area (Å²) in [4.78, 5) is 38.8. The smallest absolute Gasteiger partial charge is 0.325 e. The van der Waals surface area contributed by atoms with Crippen molar-refractivity contribution in [2.24, 2.45) is 0 Å². The minimum atomic E-state index is -0.831. The largest absolute Gasteiger partial charge is 0.457 e. The van der Waals surface area contributed by atoms with Gasteiger partial charge in [-0.2, -0.15) is 0 Å². The molecule has 7 nitrogen and oxygen atoms in total. The van der Waals surface area contributed by atoms with Crippen molar-refractivity contribution in [2.45, 2.75) is 51.0 Å². The number of amides is 4. The number of benzene rings is 2. The van der Waals surface area contributed by atoms with Crippen LogP contribution in [-0.2, 0) is 9.59 Å². The zero-order valence-corrected chi connectivity index (χ0v) is 17.6. The highest BCUT2D eigenvalue weighted by molar-refractivity contribution is 6.10. The number of carbonyl (C=O) groups is 3. The Bertz CT molecular complexity index is 961. The second kappa shape index (κ2) is 8.79. The maximum Gasteiger partial charge on any atom is 0.325 e. The molecule has 1 aliphatic carbocycles. The lowest BCUT2D eigenvalue weighted by molar-refractivity contribution is -0.134. The van der Waals surface area contributed by atoms with Gasteiger partial charge in [0, 0.05) is 5.69 Å². The number of carbonyl (C=O) groups excluding carboxylic acids is 3. The van der Waals surface area contributed by atoms with E-state index >= 15 is 0 Å². The van der Waals surface area contributed by atoms with Gasteiger partial charge in [-0.3, -0.25) is 14.5 Å². The van der Waals surface area contributed by atoms with Gasteiger partial charge in [-0.15, -0.1) is 0 Å². The molecule has 31 heavy (non-hydrogen) atoms. The average Bonchev–Trinajstić information content (AvgIpc) is 2.91. The Labute approximate surface area is 181 Å². The molecule has 1 saturated heterocycles. The first-order valence-electron chi connectivity index (χ1n) is 10.7. The highest BCUT2D eigenvalue weighted by Crippen LogP contribution is 2.32. The Balaban J connectivity index is 1.34. The van der Waals surface area contributed by atoms with Crippen LogP contribution in [0.15, 0.2) is 48.5 Å². The first-order chi connectivity index (χ1) is 14.9. The second-order valence-electron chi connectivity index (χ2n) is 8.31. The monoisotopic (exact) mass is 421 g/mol. The fourth-order valence-corrected chi connectivity index (χ4v) is 4.18. The van der Waals surface area contributed by atoms with Gasteiger partial charge in [0.25, 0.3) is 5.91 Å². The van der Waals surface area contributed by atoms with Crippen LogP contribution in [-0.4, -0.2) is 34.8 Å². The fourth-order valence-electron chi connectivity index (χ4n) is 4.18. The van der Waals surface area contributed by atoms with Crippen molar-refractivity contribution >= 4 is 23.5 Å². The highest BCUT2D eigenvalue weighted by Gasteiger charge is 2.51. The number of hydrogen-bond acceptors (Lipinski definition) is 4. The van der Waals surface area contributed by atoms with E-state index in [-0.39, 0.29) is 12.5 Å². The molecular weight excluding hydrogens is 394 g/mol. The van der Waals surface area contributed by atoms with Crippen molar-refractivity contribution in [2.75, 3.05) is 11.9 Å². The van der Waals surface area contributed by atoms with Crippen LogP contribution in [0.5, 0.6) is 11.5 Å². The predicted molar refractivity (Wildman–Crippen MR) is 117 cm³/mol. The third kappa shape index (κ3) is 4.71. The van der Waals surface area contributed by atoms with Crippen LogP contribution >= 0.6 is 0 Å². The van der Waals surface area contributed by atoms with Crippen LogP contribution in [0.25, 0.3) is 0 Å². The van der Waals surface area contributed by atoms with Crippen LogP contribution < -0.4 is 15.4 Å². The Morgan fingerprint density at radius 1 is 0.968 bits per heavy atom. The number of ether oxygens (including phenoxy) is 1. The molecule has 7 heteroatoms. The summed E-state index contributed by atoms with van der Waals surface area (Å²) in [6, 6.07) is 14.2. The van der Waals surface area contributed by atoms with Gasteiger partial charge < -0.3 is 15.4 Å². The molecule has 1 spiro atoms. The standard InChI is InChI=1S/C24H27N3O4/c1-17-6-10-19(11-7-17)31-20-12-8-18(9-13-20)25-21(28)16-27-22(29)24(26-23(27)30)14-4-2-3-5-15-24/h6-13H,2-5,14-16H2,1H3,(H,25,28)(H,26,30). The van der Waals surface area contributed by atoms with Crippen molar-refractivity contribution < 1.29 is 19.1 Å². The molecule has 0 bridgehead atoms. The third-order valence-corrected chi connectivity index (χ3v) is 5.90. The number of urea groups is 1. The third-order valence-electron chi connectivity index (χ3n) is 5.90. The number of nitrogens with one attached hydrogen (secondary N) is 2. The topological polar surface area (TPSA) is 87.7 Å². The quantitative estimate of drug-likeness (QED) is 0.702. The molecule has 1 saturated carbocycles. The number of hydrogen-bond donors (Lipinski definition) is 2. The lowest BCUT2D eigenvalue weighted by atomic mass is 9.90. The molecule has 4 rings (SSSR count). The lowest BCUT2D eigenvalue weighted by Crippen LogP contribution is -2.47. The van der Waals surface area contributed by atoms with Crippen molar-refractivity contribution in [3.05, 3.63) is 54.1 Å². The molecule has 1 aliphatic heterocycles. The molecule has 0 radical (unpaired) electrons. The predicted octanol–water partition coefficient (Wildman–Crippen LogP) is 4.37. The summed E-state index contributed by atoms with van der Waals surface area (Å²) in [5, 5.41) is 5.60. The van der Waals surface area contributed by atoms with Crippen molar-refractivity contribution in [3.8, 4) is 11.5 Å². The summed E-state index contributed by atoms with van der Waals surface area (Å²) in [7, 11) is 0. The van der Waals surface area contributed by atoms with Crippen LogP contribution in [0.3, 0.4) is 0 Å². The minimum absolute atomic E-state index is 0.281. The Morgan fingerprint density at radius 3 is 2.16 bits per heavy atom. The molecule has 2 aliphatic rings. The summed E-state index contributed by atoms with van der Waals surface area (Å²) < 4.78 is 5.78. The molecule has 2 aromatic rings. The average molecular weight is 421 g/mol. The second-order valence-corrected chi connectivity index (χ2v) is 8.31. The van der Waals surface area contributed by atoms with Crippen LogP contribution in [0.2, 0.25) is 0 Å². The Kier molecular flexibility index (Phi) is 5.93. The maximum atomic E-state index is 12.9. The van der Waals surface area contributed by atoms with Crippen molar-refractivity contribution in [3.63, 3.8) is 0 Å². The van der Waals surface area contributed by atoms with Gasteiger partial charge in [-0.25, -0.2) is 4.79 Å². The molecular formula is C24H27N3O4.